The highest BCUT2D eigenvalue weighted by molar-refractivity contribution is 5.91. The van der Waals surface area contributed by atoms with Crippen LogP contribution in [0.15, 0.2) is 4.52 Å². The molecule has 0 aliphatic carbocycles. The maximum absolute atomic E-state index is 11.9. The molecule has 124 valence electrons. The zero-order valence-electron chi connectivity index (χ0n) is 13.9. The fourth-order valence-electron chi connectivity index (χ4n) is 2.55. The fraction of sp³-hybridized carbons (Fsp3) is 0.750. The normalized spacial score (nSPS) is 18.6. The van der Waals surface area contributed by atoms with Crippen molar-refractivity contribution < 1.29 is 18.8 Å². The molecule has 22 heavy (non-hydrogen) atoms. The molecule has 1 unspecified atom stereocenters. The van der Waals surface area contributed by atoms with E-state index in [-0.39, 0.29) is 24.0 Å². The van der Waals surface area contributed by atoms with Gasteiger partial charge >= 0.3 is 0 Å². The number of nitrogens with one attached hydrogen (secondary N) is 1. The second-order valence-electron chi connectivity index (χ2n) is 6.64. The van der Waals surface area contributed by atoms with E-state index in [9.17, 15) is 4.79 Å². The Bertz CT molecular complexity index is 499. The second kappa shape index (κ2) is 7.24. The van der Waals surface area contributed by atoms with Gasteiger partial charge in [-0.15, -0.1) is 0 Å². The van der Waals surface area contributed by atoms with Crippen LogP contribution < -0.4 is 5.32 Å². The Morgan fingerprint density at radius 1 is 1.45 bits per heavy atom. The van der Waals surface area contributed by atoms with Crippen LogP contribution in [0, 0.1) is 0 Å². The topological polar surface area (TPSA) is 73.6 Å². The molecule has 0 aromatic carbocycles. The van der Waals surface area contributed by atoms with Gasteiger partial charge in [-0.1, -0.05) is 32.9 Å². The van der Waals surface area contributed by atoms with E-state index in [0.717, 1.165) is 37.1 Å². The monoisotopic (exact) mass is 310 g/mol. The third-order valence-electron chi connectivity index (χ3n) is 3.67. The van der Waals surface area contributed by atoms with Gasteiger partial charge in [0.2, 0.25) is 5.88 Å². The van der Waals surface area contributed by atoms with Crippen LogP contribution in [-0.2, 0) is 26.1 Å². The highest BCUT2D eigenvalue weighted by Gasteiger charge is 2.26. The molecular weight excluding hydrogens is 284 g/mol. The lowest BCUT2D eigenvalue weighted by atomic mass is 9.88. The molecule has 2 rings (SSSR count). The lowest BCUT2D eigenvalue weighted by Crippen LogP contribution is -2.23. The Morgan fingerprint density at radius 2 is 2.23 bits per heavy atom. The molecule has 1 aliphatic heterocycles. The quantitative estimate of drug-likeness (QED) is 0.874. The molecule has 1 aromatic rings. The Hall–Kier alpha value is -1.40. The van der Waals surface area contributed by atoms with E-state index in [2.05, 4.69) is 31.2 Å². The molecule has 0 spiro atoms. The number of nitrogens with zero attached hydrogens (tertiary/aromatic N) is 1. The summed E-state index contributed by atoms with van der Waals surface area (Å²) in [7, 11) is 0. The zero-order valence-corrected chi connectivity index (χ0v) is 13.9. The summed E-state index contributed by atoms with van der Waals surface area (Å²) in [5, 5.41) is 6.85. The highest BCUT2D eigenvalue weighted by Crippen LogP contribution is 2.30. The minimum Gasteiger partial charge on any atom is -0.376 e. The number of hydrogen-bond acceptors (Lipinski definition) is 5. The largest absolute Gasteiger partial charge is 0.376 e. The number of anilines is 1. The number of carbonyl (C=O) groups is 1. The van der Waals surface area contributed by atoms with Gasteiger partial charge in [0, 0.05) is 17.6 Å². The van der Waals surface area contributed by atoms with E-state index in [1.165, 1.54) is 0 Å². The van der Waals surface area contributed by atoms with Crippen LogP contribution in [0.1, 0.15) is 51.8 Å². The first-order valence-corrected chi connectivity index (χ1v) is 7.90. The van der Waals surface area contributed by atoms with Gasteiger partial charge in [0.05, 0.1) is 18.4 Å². The summed E-state index contributed by atoms with van der Waals surface area (Å²) in [5.41, 5.74) is 1.71. The SMILES string of the molecule is CCc1c(C(C)(C)C)noc1NC(=O)COCC1CCCO1. The van der Waals surface area contributed by atoms with Gasteiger partial charge in [-0.3, -0.25) is 10.1 Å². The van der Waals surface area contributed by atoms with Crippen LogP contribution in [0.4, 0.5) is 5.88 Å². The van der Waals surface area contributed by atoms with Gasteiger partial charge in [-0.25, -0.2) is 0 Å². The van der Waals surface area contributed by atoms with Crippen molar-refractivity contribution in [2.24, 2.45) is 0 Å². The molecule has 1 aromatic heterocycles. The van der Waals surface area contributed by atoms with Crippen LogP contribution in [0.2, 0.25) is 0 Å². The smallest absolute Gasteiger partial charge is 0.252 e. The summed E-state index contributed by atoms with van der Waals surface area (Å²) in [5.74, 6) is 0.197. The maximum atomic E-state index is 11.9. The van der Waals surface area contributed by atoms with Crippen LogP contribution in [0.25, 0.3) is 0 Å². The third kappa shape index (κ3) is 4.30. The first kappa shape index (κ1) is 17.0. The Labute approximate surface area is 131 Å². The fourth-order valence-corrected chi connectivity index (χ4v) is 2.55. The molecule has 6 nitrogen and oxygen atoms in total. The lowest BCUT2D eigenvalue weighted by Gasteiger charge is -2.16. The molecule has 1 N–H and O–H groups in total. The Morgan fingerprint density at radius 3 is 2.82 bits per heavy atom. The van der Waals surface area contributed by atoms with Crippen molar-refractivity contribution in [1.29, 1.82) is 0 Å². The van der Waals surface area contributed by atoms with Crippen molar-refractivity contribution in [1.82, 2.24) is 5.16 Å². The van der Waals surface area contributed by atoms with E-state index in [4.69, 9.17) is 14.0 Å². The van der Waals surface area contributed by atoms with Crippen LogP contribution in [-0.4, -0.2) is 37.0 Å². The molecule has 1 saturated heterocycles. The second-order valence-corrected chi connectivity index (χ2v) is 6.64. The molecule has 1 amide bonds. The van der Waals surface area contributed by atoms with Crippen molar-refractivity contribution in [3.8, 4) is 0 Å². The molecule has 0 bridgehead atoms. The van der Waals surface area contributed by atoms with Gasteiger partial charge < -0.3 is 14.0 Å². The molecule has 0 saturated carbocycles. The Kier molecular flexibility index (Phi) is 5.58. The van der Waals surface area contributed by atoms with Crippen LogP contribution in [0.5, 0.6) is 0 Å². The van der Waals surface area contributed by atoms with Crippen LogP contribution >= 0.6 is 0 Å². The summed E-state index contributed by atoms with van der Waals surface area (Å²) in [4.78, 5) is 11.9. The number of rotatable bonds is 6. The van der Waals surface area contributed by atoms with Crippen molar-refractivity contribution in [2.75, 3.05) is 25.1 Å². The molecule has 0 radical (unpaired) electrons. The number of hydrogen-bond donors (Lipinski definition) is 1. The molecule has 2 heterocycles. The average molecular weight is 310 g/mol. The van der Waals surface area contributed by atoms with E-state index in [0.29, 0.717) is 12.5 Å². The third-order valence-corrected chi connectivity index (χ3v) is 3.67. The number of aromatic nitrogens is 1. The first-order chi connectivity index (χ1) is 10.4. The summed E-state index contributed by atoms with van der Waals surface area (Å²) >= 11 is 0. The van der Waals surface area contributed by atoms with Crippen molar-refractivity contribution in [2.45, 2.75) is 58.5 Å². The lowest BCUT2D eigenvalue weighted by molar-refractivity contribution is -0.121. The zero-order chi connectivity index (χ0) is 16.2. The predicted molar refractivity (Wildman–Crippen MR) is 83.0 cm³/mol. The van der Waals surface area contributed by atoms with E-state index in [1.54, 1.807) is 0 Å². The maximum Gasteiger partial charge on any atom is 0.252 e. The molecule has 1 fully saturated rings. The van der Waals surface area contributed by atoms with Gasteiger partial charge in [-0.05, 0) is 19.3 Å². The molecule has 6 heteroatoms. The number of ether oxygens (including phenoxy) is 2. The van der Waals surface area contributed by atoms with Crippen LogP contribution in [0.3, 0.4) is 0 Å². The predicted octanol–water partition coefficient (Wildman–Crippen LogP) is 2.67. The van der Waals surface area contributed by atoms with E-state index < -0.39 is 0 Å². The summed E-state index contributed by atoms with van der Waals surface area (Å²) in [6.07, 6.45) is 2.94. The minimum atomic E-state index is -0.232. The van der Waals surface area contributed by atoms with Gasteiger partial charge in [0.15, 0.2) is 0 Å². The van der Waals surface area contributed by atoms with Gasteiger partial charge in [0.25, 0.3) is 5.91 Å². The summed E-state index contributed by atoms with van der Waals surface area (Å²) in [6.45, 7) is 9.46. The van der Waals surface area contributed by atoms with E-state index in [1.807, 2.05) is 6.92 Å². The minimum absolute atomic E-state index is 0.00539. The summed E-state index contributed by atoms with van der Waals surface area (Å²) < 4.78 is 16.1. The molecular formula is C16H26N2O4. The first-order valence-electron chi connectivity index (χ1n) is 7.90. The highest BCUT2D eigenvalue weighted by atomic mass is 16.5. The number of carbonyl (C=O) groups excluding carboxylic acids is 1. The molecule has 1 aliphatic rings. The van der Waals surface area contributed by atoms with Gasteiger partial charge in [0.1, 0.15) is 6.61 Å². The standard InChI is InChI=1S/C16H26N2O4/c1-5-12-14(16(2,3)4)18-22-15(12)17-13(19)10-20-9-11-7-6-8-21-11/h11H,5-10H2,1-4H3,(H,17,19). The van der Waals surface area contributed by atoms with E-state index >= 15 is 0 Å². The Balaban J connectivity index is 1.87. The van der Waals surface area contributed by atoms with Gasteiger partial charge in [-0.2, -0.15) is 0 Å². The van der Waals surface area contributed by atoms with Crippen molar-refractivity contribution in [3.63, 3.8) is 0 Å². The van der Waals surface area contributed by atoms with Crippen molar-refractivity contribution >= 4 is 11.8 Å². The molecule has 1 atom stereocenters. The van der Waals surface area contributed by atoms with Crippen molar-refractivity contribution in [3.05, 3.63) is 11.3 Å². The average Bonchev–Trinajstić information content (AvgIpc) is 3.07. The summed E-state index contributed by atoms with van der Waals surface area (Å²) in [6, 6.07) is 0. The number of amides is 1.